The minimum atomic E-state index is 0.273. The van der Waals surface area contributed by atoms with Crippen molar-refractivity contribution in [1.82, 2.24) is 4.90 Å². The Morgan fingerprint density at radius 3 is 2.56 bits per heavy atom. The molecule has 0 aromatic rings. The molecular weight excluding hydrogens is 204 g/mol. The van der Waals surface area contributed by atoms with Crippen molar-refractivity contribution in [1.29, 1.82) is 0 Å². The summed E-state index contributed by atoms with van der Waals surface area (Å²) in [5.74, 6) is 0. The van der Waals surface area contributed by atoms with E-state index in [1.165, 1.54) is 0 Å². The number of hydrogen-bond donors (Lipinski definition) is 1. The van der Waals surface area contributed by atoms with Crippen LogP contribution in [0, 0.1) is 5.41 Å². The maximum absolute atomic E-state index is 5.97. The minimum absolute atomic E-state index is 0.273. The van der Waals surface area contributed by atoms with Crippen molar-refractivity contribution >= 4 is 0 Å². The van der Waals surface area contributed by atoms with Crippen molar-refractivity contribution in [2.45, 2.75) is 25.3 Å². The van der Waals surface area contributed by atoms with Crippen molar-refractivity contribution in [2.75, 3.05) is 46.6 Å². The van der Waals surface area contributed by atoms with Crippen molar-refractivity contribution in [2.24, 2.45) is 11.1 Å². The van der Waals surface area contributed by atoms with Gasteiger partial charge in [0, 0.05) is 32.4 Å². The van der Waals surface area contributed by atoms with Gasteiger partial charge in [0.1, 0.15) is 0 Å². The molecule has 2 fully saturated rings. The molecule has 0 amide bonds. The molecule has 1 atom stereocenters. The molecule has 2 rings (SSSR count). The maximum Gasteiger partial charge on any atom is 0.0622 e. The number of nitrogens with two attached hydrogens (primary N) is 1. The van der Waals surface area contributed by atoms with Crippen LogP contribution in [0.5, 0.6) is 0 Å². The van der Waals surface area contributed by atoms with Gasteiger partial charge in [0.05, 0.1) is 6.61 Å². The Balaban J connectivity index is 1.89. The quantitative estimate of drug-likeness (QED) is 0.759. The summed E-state index contributed by atoms with van der Waals surface area (Å²) in [6, 6.07) is 0.589. The number of ether oxygens (including phenoxy) is 2. The second-order valence-electron chi connectivity index (χ2n) is 5.25. The molecule has 1 unspecified atom stereocenters. The van der Waals surface area contributed by atoms with Crippen LogP contribution in [0.2, 0.25) is 0 Å². The summed E-state index contributed by atoms with van der Waals surface area (Å²) in [4.78, 5) is 2.44. The molecule has 0 bridgehead atoms. The molecule has 16 heavy (non-hydrogen) atoms. The molecule has 4 nitrogen and oxygen atoms in total. The van der Waals surface area contributed by atoms with Crippen LogP contribution in [0.3, 0.4) is 0 Å². The molecule has 94 valence electrons. The van der Waals surface area contributed by atoms with E-state index in [4.69, 9.17) is 15.2 Å². The minimum Gasteiger partial charge on any atom is -0.381 e. The zero-order chi connectivity index (χ0) is 11.4. The Bertz CT molecular complexity index is 211. The molecule has 2 aliphatic rings. The molecule has 2 aliphatic heterocycles. The first kappa shape index (κ1) is 12.3. The van der Waals surface area contributed by atoms with Gasteiger partial charge in [-0.05, 0) is 38.3 Å². The third kappa shape index (κ3) is 2.74. The van der Waals surface area contributed by atoms with Gasteiger partial charge in [0.25, 0.3) is 0 Å². The van der Waals surface area contributed by atoms with Gasteiger partial charge in [-0.15, -0.1) is 0 Å². The first-order chi connectivity index (χ1) is 7.76. The molecule has 2 saturated heterocycles. The van der Waals surface area contributed by atoms with Crippen LogP contribution in [0.15, 0.2) is 0 Å². The Hall–Kier alpha value is -0.160. The van der Waals surface area contributed by atoms with Crippen molar-refractivity contribution in [3.63, 3.8) is 0 Å². The number of hydrogen-bond acceptors (Lipinski definition) is 4. The Labute approximate surface area is 98.1 Å². The lowest BCUT2D eigenvalue weighted by atomic mass is 9.79. The number of rotatable bonds is 4. The van der Waals surface area contributed by atoms with Gasteiger partial charge in [-0.25, -0.2) is 0 Å². The second kappa shape index (κ2) is 5.45. The lowest BCUT2D eigenvalue weighted by Crippen LogP contribution is -2.47. The Morgan fingerprint density at radius 2 is 2.00 bits per heavy atom. The number of likely N-dealkylation sites (N-methyl/N-ethyl adjacent to an activating group) is 1. The highest BCUT2D eigenvalue weighted by Gasteiger charge is 2.34. The molecule has 2 N–H and O–H groups in total. The lowest BCUT2D eigenvalue weighted by Gasteiger charge is -2.40. The standard InChI is InChI=1S/C12H24N2O2/c1-14(11-2-5-16-8-11)10-12(9-13)3-6-15-7-4-12/h11H,2-10,13H2,1H3. The summed E-state index contributed by atoms with van der Waals surface area (Å²) < 4.78 is 10.9. The SMILES string of the molecule is CN(CC1(CN)CCOCC1)C1CCOC1. The summed E-state index contributed by atoms with van der Waals surface area (Å²) in [5.41, 5.74) is 6.25. The van der Waals surface area contributed by atoms with Crippen LogP contribution < -0.4 is 5.73 Å². The average molecular weight is 228 g/mol. The van der Waals surface area contributed by atoms with E-state index in [9.17, 15) is 0 Å². The van der Waals surface area contributed by atoms with E-state index in [-0.39, 0.29) is 5.41 Å². The molecule has 0 saturated carbocycles. The van der Waals surface area contributed by atoms with Crippen molar-refractivity contribution in [3.8, 4) is 0 Å². The zero-order valence-electron chi connectivity index (χ0n) is 10.3. The summed E-state index contributed by atoms with van der Waals surface area (Å²) in [5, 5.41) is 0. The fourth-order valence-electron chi connectivity index (χ4n) is 2.76. The Kier molecular flexibility index (Phi) is 4.19. The van der Waals surface area contributed by atoms with E-state index in [2.05, 4.69) is 11.9 Å². The highest BCUT2D eigenvalue weighted by Crippen LogP contribution is 2.31. The van der Waals surface area contributed by atoms with Gasteiger partial charge >= 0.3 is 0 Å². The van der Waals surface area contributed by atoms with Gasteiger partial charge < -0.3 is 20.1 Å². The van der Waals surface area contributed by atoms with Crippen LogP contribution in [0.1, 0.15) is 19.3 Å². The van der Waals surface area contributed by atoms with Crippen molar-refractivity contribution < 1.29 is 9.47 Å². The summed E-state index contributed by atoms with van der Waals surface area (Å²) in [6.07, 6.45) is 3.36. The van der Waals surface area contributed by atoms with Gasteiger partial charge in [-0.3, -0.25) is 0 Å². The summed E-state index contributed by atoms with van der Waals surface area (Å²) in [6.45, 7) is 5.38. The molecule has 0 aromatic heterocycles. The van der Waals surface area contributed by atoms with E-state index in [0.717, 1.165) is 58.8 Å². The van der Waals surface area contributed by atoms with Crippen molar-refractivity contribution in [3.05, 3.63) is 0 Å². The molecular formula is C12H24N2O2. The fraction of sp³-hybridized carbons (Fsp3) is 1.00. The maximum atomic E-state index is 5.97. The third-order valence-corrected chi connectivity index (χ3v) is 4.10. The topological polar surface area (TPSA) is 47.7 Å². The summed E-state index contributed by atoms with van der Waals surface area (Å²) >= 11 is 0. The van der Waals surface area contributed by atoms with Gasteiger partial charge in [0.15, 0.2) is 0 Å². The van der Waals surface area contributed by atoms with Gasteiger partial charge in [-0.2, -0.15) is 0 Å². The normalized spacial score (nSPS) is 29.8. The fourth-order valence-corrected chi connectivity index (χ4v) is 2.76. The number of nitrogens with zero attached hydrogens (tertiary/aromatic N) is 1. The molecule has 0 radical (unpaired) electrons. The van der Waals surface area contributed by atoms with Crippen LogP contribution in [0.25, 0.3) is 0 Å². The predicted molar refractivity (Wildman–Crippen MR) is 63.4 cm³/mol. The van der Waals surface area contributed by atoms with E-state index < -0.39 is 0 Å². The van der Waals surface area contributed by atoms with E-state index in [0.29, 0.717) is 6.04 Å². The van der Waals surface area contributed by atoms with Gasteiger partial charge in [-0.1, -0.05) is 0 Å². The van der Waals surface area contributed by atoms with Crippen LogP contribution >= 0.6 is 0 Å². The molecule has 0 aliphatic carbocycles. The summed E-state index contributed by atoms with van der Waals surface area (Å²) in [7, 11) is 2.20. The first-order valence-corrected chi connectivity index (χ1v) is 6.32. The molecule has 4 heteroatoms. The highest BCUT2D eigenvalue weighted by atomic mass is 16.5. The lowest BCUT2D eigenvalue weighted by molar-refractivity contribution is -0.00308. The predicted octanol–water partition coefficient (Wildman–Crippen LogP) is 0.463. The molecule has 0 spiro atoms. The first-order valence-electron chi connectivity index (χ1n) is 6.32. The zero-order valence-corrected chi connectivity index (χ0v) is 10.3. The smallest absolute Gasteiger partial charge is 0.0622 e. The third-order valence-electron chi connectivity index (χ3n) is 4.10. The Morgan fingerprint density at radius 1 is 1.25 bits per heavy atom. The largest absolute Gasteiger partial charge is 0.381 e. The van der Waals surface area contributed by atoms with E-state index >= 15 is 0 Å². The van der Waals surface area contributed by atoms with E-state index in [1.807, 2.05) is 0 Å². The molecule has 0 aromatic carbocycles. The monoisotopic (exact) mass is 228 g/mol. The molecule has 2 heterocycles. The van der Waals surface area contributed by atoms with Gasteiger partial charge in [0.2, 0.25) is 0 Å². The highest BCUT2D eigenvalue weighted by molar-refractivity contribution is 4.87. The average Bonchev–Trinajstić information content (AvgIpc) is 2.84. The van der Waals surface area contributed by atoms with Crippen LogP contribution in [0.4, 0.5) is 0 Å². The van der Waals surface area contributed by atoms with Crippen LogP contribution in [-0.4, -0.2) is 57.5 Å². The van der Waals surface area contributed by atoms with E-state index in [1.54, 1.807) is 0 Å². The second-order valence-corrected chi connectivity index (χ2v) is 5.25. The van der Waals surface area contributed by atoms with Crippen LogP contribution in [-0.2, 0) is 9.47 Å².